The van der Waals surface area contributed by atoms with Crippen molar-refractivity contribution in [2.75, 3.05) is 7.05 Å². The lowest BCUT2D eigenvalue weighted by Gasteiger charge is -2.36. The highest BCUT2D eigenvalue weighted by Gasteiger charge is 2.38. The fourth-order valence-corrected chi connectivity index (χ4v) is 3.32. The van der Waals surface area contributed by atoms with Gasteiger partial charge >= 0.3 is 0 Å². The topological polar surface area (TPSA) is 75.4 Å². The average Bonchev–Trinajstić information content (AvgIpc) is 2.59. The second kappa shape index (κ2) is 5.90. The molecule has 0 aromatic rings. The zero-order chi connectivity index (χ0) is 14.0. The first-order chi connectivity index (χ1) is 8.97. The number of amides is 2. The molecule has 0 spiro atoms. The molecule has 19 heavy (non-hydrogen) atoms. The van der Waals surface area contributed by atoms with Crippen LogP contribution in [0.4, 0.5) is 0 Å². The summed E-state index contributed by atoms with van der Waals surface area (Å²) in [6.07, 6.45) is 5.57. The van der Waals surface area contributed by atoms with E-state index in [-0.39, 0.29) is 17.7 Å². The van der Waals surface area contributed by atoms with Crippen LogP contribution >= 0.6 is 0 Å². The van der Waals surface area contributed by atoms with Crippen molar-refractivity contribution in [3.63, 3.8) is 0 Å². The normalized spacial score (nSPS) is 32.0. The first-order valence-electron chi connectivity index (χ1n) is 7.28. The predicted molar refractivity (Wildman–Crippen MR) is 73.3 cm³/mol. The number of nitrogens with one attached hydrogen (secondary N) is 1. The van der Waals surface area contributed by atoms with E-state index in [9.17, 15) is 9.59 Å². The molecule has 1 unspecified atom stereocenters. The van der Waals surface area contributed by atoms with Crippen LogP contribution in [-0.4, -0.2) is 41.9 Å². The SMILES string of the molecule is C[C@@H](CCC(=O)NC1C[C@H]2CC[C@@H](C1)N2C)C(N)=O. The Morgan fingerprint density at radius 3 is 2.42 bits per heavy atom. The van der Waals surface area contributed by atoms with E-state index in [1.165, 1.54) is 12.8 Å². The maximum absolute atomic E-state index is 11.9. The molecule has 4 atom stereocenters. The van der Waals surface area contributed by atoms with Gasteiger partial charge in [0.05, 0.1) is 0 Å². The number of piperidine rings is 1. The molecule has 0 aliphatic carbocycles. The van der Waals surface area contributed by atoms with E-state index in [0.717, 1.165) is 12.8 Å². The molecule has 5 heteroatoms. The highest BCUT2D eigenvalue weighted by atomic mass is 16.2. The largest absolute Gasteiger partial charge is 0.369 e. The number of hydrogen-bond donors (Lipinski definition) is 2. The lowest BCUT2D eigenvalue weighted by molar-refractivity contribution is -0.123. The monoisotopic (exact) mass is 267 g/mol. The third kappa shape index (κ3) is 3.47. The van der Waals surface area contributed by atoms with Gasteiger partial charge in [-0.25, -0.2) is 0 Å². The van der Waals surface area contributed by atoms with E-state index in [1.807, 2.05) is 0 Å². The Morgan fingerprint density at radius 2 is 1.89 bits per heavy atom. The van der Waals surface area contributed by atoms with Crippen LogP contribution in [0.25, 0.3) is 0 Å². The average molecular weight is 267 g/mol. The van der Waals surface area contributed by atoms with Crippen molar-refractivity contribution in [1.82, 2.24) is 10.2 Å². The molecule has 2 amide bonds. The molecule has 5 nitrogen and oxygen atoms in total. The summed E-state index contributed by atoms with van der Waals surface area (Å²) in [7, 11) is 2.19. The number of carbonyl (C=O) groups excluding carboxylic acids is 2. The molecule has 2 aliphatic heterocycles. The van der Waals surface area contributed by atoms with Gasteiger partial charge < -0.3 is 16.0 Å². The van der Waals surface area contributed by atoms with Crippen molar-refractivity contribution >= 4 is 11.8 Å². The Labute approximate surface area is 114 Å². The molecular formula is C14H25N3O2. The molecule has 3 N–H and O–H groups in total. The van der Waals surface area contributed by atoms with E-state index in [4.69, 9.17) is 5.73 Å². The maximum Gasteiger partial charge on any atom is 0.220 e. The minimum Gasteiger partial charge on any atom is -0.369 e. The molecule has 2 rings (SSSR count). The van der Waals surface area contributed by atoms with Crippen molar-refractivity contribution in [3.05, 3.63) is 0 Å². The molecule has 2 saturated heterocycles. The number of primary amides is 1. The highest BCUT2D eigenvalue weighted by Crippen LogP contribution is 2.34. The summed E-state index contributed by atoms with van der Waals surface area (Å²) in [5, 5.41) is 3.12. The number of carbonyl (C=O) groups is 2. The van der Waals surface area contributed by atoms with Crippen LogP contribution in [0.2, 0.25) is 0 Å². The van der Waals surface area contributed by atoms with Gasteiger partial charge in [-0.3, -0.25) is 9.59 Å². The number of rotatable bonds is 5. The van der Waals surface area contributed by atoms with Gasteiger partial charge in [0, 0.05) is 30.5 Å². The van der Waals surface area contributed by atoms with E-state index in [0.29, 0.717) is 31.0 Å². The van der Waals surface area contributed by atoms with Gasteiger partial charge in [-0.15, -0.1) is 0 Å². The lowest BCUT2D eigenvalue weighted by atomic mass is 9.97. The minimum atomic E-state index is -0.329. The molecule has 2 bridgehead atoms. The molecule has 2 aliphatic rings. The fraction of sp³-hybridized carbons (Fsp3) is 0.857. The van der Waals surface area contributed by atoms with Crippen molar-refractivity contribution < 1.29 is 9.59 Å². The molecule has 0 aromatic heterocycles. The maximum atomic E-state index is 11.9. The Bertz CT molecular complexity index is 345. The summed E-state index contributed by atoms with van der Waals surface area (Å²) in [6.45, 7) is 1.77. The van der Waals surface area contributed by atoms with E-state index >= 15 is 0 Å². The van der Waals surface area contributed by atoms with Crippen LogP contribution in [0, 0.1) is 5.92 Å². The third-order valence-electron chi connectivity index (χ3n) is 4.75. The zero-order valence-corrected chi connectivity index (χ0v) is 11.9. The first kappa shape index (κ1) is 14.3. The van der Waals surface area contributed by atoms with E-state index in [1.54, 1.807) is 6.92 Å². The van der Waals surface area contributed by atoms with Gasteiger partial charge in [-0.1, -0.05) is 6.92 Å². The van der Waals surface area contributed by atoms with Crippen LogP contribution in [0.1, 0.15) is 45.4 Å². The fourth-order valence-electron chi connectivity index (χ4n) is 3.32. The Morgan fingerprint density at radius 1 is 1.32 bits per heavy atom. The Kier molecular flexibility index (Phi) is 4.45. The molecule has 2 fully saturated rings. The third-order valence-corrected chi connectivity index (χ3v) is 4.75. The molecular weight excluding hydrogens is 242 g/mol. The molecule has 108 valence electrons. The van der Waals surface area contributed by atoms with Gasteiger partial charge in [0.15, 0.2) is 0 Å². The summed E-state index contributed by atoms with van der Waals surface area (Å²) in [5.74, 6) is -0.494. The van der Waals surface area contributed by atoms with Crippen LogP contribution < -0.4 is 11.1 Å². The van der Waals surface area contributed by atoms with Crippen molar-refractivity contribution in [2.45, 2.75) is 63.6 Å². The van der Waals surface area contributed by atoms with Crippen LogP contribution in [0.5, 0.6) is 0 Å². The second-order valence-corrected chi connectivity index (χ2v) is 6.13. The first-order valence-corrected chi connectivity index (χ1v) is 7.28. The molecule has 0 saturated carbocycles. The molecule has 0 aromatic carbocycles. The summed E-state index contributed by atoms with van der Waals surface area (Å²) >= 11 is 0. The number of hydrogen-bond acceptors (Lipinski definition) is 3. The van der Waals surface area contributed by atoms with Gasteiger partial charge in [0.25, 0.3) is 0 Å². The zero-order valence-electron chi connectivity index (χ0n) is 11.9. The van der Waals surface area contributed by atoms with Gasteiger partial charge in [-0.05, 0) is 39.2 Å². The van der Waals surface area contributed by atoms with Crippen molar-refractivity contribution in [1.29, 1.82) is 0 Å². The number of nitrogens with two attached hydrogens (primary N) is 1. The lowest BCUT2D eigenvalue weighted by Crippen LogP contribution is -2.48. The molecule has 2 heterocycles. The van der Waals surface area contributed by atoms with E-state index in [2.05, 4.69) is 17.3 Å². The second-order valence-electron chi connectivity index (χ2n) is 6.13. The predicted octanol–water partition coefficient (Wildman–Crippen LogP) is 0.629. The summed E-state index contributed by atoms with van der Waals surface area (Å²) < 4.78 is 0. The van der Waals surface area contributed by atoms with Crippen LogP contribution in [0.3, 0.4) is 0 Å². The summed E-state index contributed by atoms with van der Waals surface area (Å²) in [5.41, 5.74) is 5.19. The Hall–Kier alpha value is -1.10. The van der Waals surface area contributed by atoms with E-state index < -0.39 is 0 Å². The van der Waals surface area contributed by atoms with Gasteiger partial charge in [-0.2, -0.15) is 0 Å². The smallest absolute Gasteiger partial charge is 0.220 e. The standard InChI is InChI=1S/C14H25N3O2/c1-9(14(15)19)3-6-13(18)16-10-7-11-4-5-12(8-10)17(11)2/h9-12H,3-8H2,1-2H3,(H2,15,19)(H,16,18)/t9-,10?,11-,12+/m0/s1. The van der Waals surface area contributed by atoms with Crippen molar-refractivity contribution in [3.8, 4) is 0 Å². The highest BCUT2D eigenvalue weighted by molar-refractivity contribution is 5.79. The van der Waals surface area contributed by atoms with Crippen LogP contribution in [0.15, 0.2) is 0 Å². The minimum absolute atomic E-state index is 0.0575. The number of nitrogens with zero attached hydrogens (tertiary/aromatic N) is 1. The van der Waals surface area contributed by atoms with Gasteiger partial charge in [0.1, 0.15) is 0 Å². The Balaban J connectivity index is 1.73. The van der Waals surface area contributed by atoms with Crippen LogP contribution in [-0.2, 0) is 9.59 Å². The summed E-state index contributed by atoms with van der Waals surface area (Å²) in [6, 6.07) is 1.58. The molecule has 0 radical (unpaired) electrons. The van der Waals surface area contributed by atoms with Gasteiger partial charge in [0.2, 0.25) is 11.8 Å². The number of fused-ring (bicyclic) bond motifs is 2. The quantitative estimate of drug-likeness (QED) is 0.767. The summed E-state index contributed by atoms with van der Waals surface area (Å²) in [4.78, 5) is 25.3. The van der Waals surface area contributed by atoms with Crippen molar-refractivity contribution in [2.24, 2.45) is 11.7 Å².